The van der Waals surface area contributed by atoms with Crippen LogP contribution in [0.5, 0.6) is 0 Å². The van der Waals surface area contributed by atoms with E-state index in [1.807, 2.05) is 27.7 Å². The molecule has 0 aromatic heterocycles. The molecule has 1 rings (SSSR count). The average Bonchev–Trinajstić information content (AvgIpc) is 2.27. The lowest BCUT2D eigenvalue weighted by molar-refractivity contribution is -0.0227. The van der Waals surface area contributed by atoms with Crippen LogP contribution in [0.15, 0.2) is 0 Å². The number of carbonyl (C=O) groups excluding carboxylic acids is 1. The number of hydrogen-bond donors (Lipinski definition) is 0. The van der Waals surface area contributed by atoms with E-state index >= 15 is 0 Å². The van der Waals surface area contributed by atoms with Gasteiger partial charge in [-0.25, -0.2) is 4.79 Å². The van der Waals surface area contributed by atoms with Crippen molar-refractivity contribution in [3.05, 3.63) is 0 Å². The van der Waals surface area contributed by atoms with Gasteiger partial charge >= 0.3 is 6.09 Å². The number of piperidine rings is 1. The van der Waals surface area contributed by atoms with Crippen LogP contribution in [0.4, 0.5) is 4.79 Å². The first-order valence-electron chi connectivity index (χ1n) is 6.41. The summed E-state index contributed by atoms with van der Waals surface area (Å²) in [6.45, 7) is 8.80. The van der Waals surface area contributed by atoms with Crippen LogP contribution in [-0.4, -0.2) is 41.9 Å². The fourth-order valence-corrected chi connectivity index (χ4v) is 1.83. The lowest BCUT2D eigenvalue weighted by Gasteiger charge is -2.33. The fourth-order valence-electron chi connectivity index (χ4n) is 1.83. The average molecular weight is 253 g/mol. The molecular formula is C14H23NO3. The van der Waals surface area contributed by atoms with Gasteiger partial charge in [-0.15, -0.1) is 6.42 Å². The van der Waals surface area contributed by atoms with Crippen molar-refractivity contribution < 1.29 is 14.3 Å². The zero-order valence-electron chi connectivity index (χ0n) is 11.7. The summed E-state index contributed by atoms with van der Waals surface area (Å²) in [5.74, 6) is 2.55. The van der Waals surface area contributed by atoms with E-state index in [1.165, 1.54) is 0 Å². The van der Waals surface area contributed by atoms with Gasteiger partial charge in [-0.05, 0) is 40.5 Å². The van der Waals surface area contributed by atoms with Gasteiger partial charge in [-0.3, -0.25) is 0 Å². The quantitative estimate of drug-likeness (QED) is 0.709. The molecular weight excluding hydrogens is 230 g/mol. The zero-order valence-corrected chi connectivity index (χ0v) is 11.7. The van der Waals surface area contributed by atoms with Crippen LogP contribution in [0.1, 0.15) is 40.5 Å². The van der Waals surface area contributed by atoms with Gasteiger partial charge in [0.25, 0.3) is 0 Å². The first-order valence-corrected chi connectivity index (χ1v) is 6.41. The molecule has 0 radical (unpaired) electrons. The van der Waals surface area contributed by atoms with Crippen molar-refractivity contribution in [1.29, 1.82) is 0 Å². The van der Waals surface area contributed by atoms with Gasteiger partial charge < -0.3 is 14.4 Å². The number of rotatable bonds is 2. The second-order valence-corrected chi connectivity index (χ2v) is 5.61. The Labute approximate surface area is 110 Å². The standard InChI is InChI=1S/C14H23NO3/c1-6-11(2)17-12-7-9-15(10-8-12)13(16)18-14(3,4)5/h1,11-12H,7-10H2,2-5H3/t11-/m0/s1. The maximum atomic E-state index is 11.8. The number of ether oxygens (including phenoxy) is 2. The number of likely N-dealkylation sites (tertiary alicyclic amines) is 1. The van der Waals surface area contributed by atoms with E-state index in [4.69, 9.17) is 15.9 Å². The van der Waals surface area contributed by atoms with Crippen molar-refractivity contribution in [2.45, 2.75) is 58.3 Å². The summed E-state index contributed by atoms with van der Waals surface area (Å²) in [7, 11) is 0. The molecule has 1 saturated heterocycles. The highest BCUT2D eigenvalue weighted by molar-refractivity contribution is 5.68. The van der Waals surface area contributed by atoms with Crippen LogP contribution in [0.3, 0.4) is 0 Å². The number of terminal acetylenes is 1. The fraction of sp³-hybridized carbons (Fsp3) is 0.786. The summed E-state index contributed by atoms with van der Waals surface area (Å²) in [5.41, 5.74) is -0.442. The minimum absolute atomic E-state index is 0.148. The van der Waals surface area contributed by atoms with Crippen molar-refractivity contribution in [2.75, 3.05) is 13.1 Å². The molecule has 102 valence electrons. The Morgan fingerprint density at radius 1 is 1.39 bits per heavy atom. The minimum Gasteiger partial charge on any atom is -0.444 e. The van der Waals surface area contributed by atoms with E-state index in [1.54, 1.807) is 4.90 Å². The van der Waals surface area contributed by atoms with Crippen molar-refractivity contribution >= 4 is 6.09 Å². The molecule has 0 spiro atoms. The van der Waals surface area contributed by atoms with Crippen LogP contribution < -0.4 is 0 Å². The molecule has 0 unspecified atom stereocenters. The molecule has 4 nitrogen and oxygen atoms in total. The van der Waals surface area contributed by atoms with Crippen LogP contribution in [-0.2, 0) is 9.47 Å². The Balaban J connectivity index is 2.35. The van der Waals surface area contributed by atoms with Crippen LogP contribution in [0, 0.1) is 12.3 Å². The van der Waals surface area contributed by atoms with Gasteiger partial charge in [0.05, 0.1) is 6.10 Å². The van der Waals surface area contributed by atoms with Gasteiger partial charge in [0.15, 0.2) is 0 Å². The molecule has 1 fully saturated rings. The van der Waals surface area contributed by atoms with Gasteiger partial charge in [-0.1, -0.05) is 5.92 Å². The van der Waals surface area contributed by atoms with E-state index in [0.717, 1.165) is 12.8 Å². The Morgan fingerprint density at radius 3 is 2.39 bits per heavy atom. The molecule has 1 aliphatic rings. The largest absolute Gasteiger partial charge is 0.444 e. The number of hydrogen-bond acceptors (Lipinski definition) is 3. The van der Waals surface area contributed by atoms with E-state index in [9.17, 15) is 4.79 Å². The predicted molar refractivity (Wildman–Crippen MR) is 70.2 cm³/mol. The molecule has 1 amide bonds. The lowest BCUT2D eigenvalue weighted by atomic mass is 10.1. The first kappa shape index (κ1) is 14.8. The summed E-state index contributed by atoms with van der Waals surface area (Å²) in [6, 6.07) is 0. The summed E-state index contributed by atoms with van der Waals surface area (Å²) in [4.78, 5) is 13.6. The Bertz CT molecular complexity index is 319. The summed E-state index contributed by atoms with van der Waals surface area (Å²) in [6.07, 6.45) is 6.64. The van der Waals surface area contributed by atoms with Crippen LogP contribution in [0.25, 0.3) is 0 Å². The van der Waals surface area contributed by atoms with Crippen molar-refractivity contribution in [2.24, 2.45) is 0 Å². The SMILES string of the molecule is C#C[C@H](C)OC1CCN(C(=O)OC(C)(C)C)CC1. The molecule has 0 bridgehead atoms. The van der Waals surface area contributed by atoms with Crippen molar-refractivity contribution in [1.82, 2.24) is 4.90 Å². The van der Waals surface area contributed by atoms with Gasteiger partial charge in [0.2, 0.25) is 0 Å². The second-order valence-electron chi connectivity index (χ2n) is 5.61. The minimum atomic E-state index is -0.442. The third kappa shape index (κ3) is 4.97. The second kappa shape index (κ2) is 6.10. The molecule has 0 saturated carbocycles. The molecule has 1 atom stereocenters. The normalized spacial score (nSPS) is 19.2. The predicted octanol–water partition coefficient (Wildman–Crippen LogP) is 2.42. The highest BCUT2D eigenvalue weighted by atomic mass is 16.6. The van der Waals surface area contributed by atoms with E-state index in [0.29, 0.717) is 13.1 Å². The Hall–Kier alpha value is -1.21. The van der Waals surface area contributed by atoms with E-state index in [2.05, 4.69) is 5.92 Å². The van der Waals surface area contributed by atoms with Gasteiger partial charge in [-0.2, -0.15) is 0 Å². The maximum Gasteiger partial charge on any atom is 0.410 e. The number of amides is 1. The molecule has 0 aromatic rings. The van der Waals surface area contributed by atoms with E-state index in [-0.39, 0.29) is 18.3 Å². The molecule has 4 heteroatoms. The first-order chi connectivity index (χ1) is 8.31. The van der Waals surface area contributed by atoms with Crippen molar-refractivity contribution in [3.8, 4) is 12.3 Å². The summed E-state index contributed by atoms with van der Waals surface area (Å²) < 4.78 is 11.0. The molecule has 0 aliphatic carbocycles. The maximum absolute atomic E-state index is 11.8. The molecule has 0 N–H and O–H groups in total. The topological polar surface area (TPSA) is 38.8 Å². The van der Waals surface area contributed by atoms with Crippen LogP contribution in [0.2, 0.25) is 0 Å². The summed E-state index contributed by atoms with van der Waals surface area (Å²) >= 11 is 0. The molecule has 1 aliphatic heterocycles. The van der Waals surface area contributed by atoms with Gasteiger partial charge in [0, 0.05) is 13.1 Å². The van der Waals surface area contributed by atoms with Gasteiger partial charge in [0.1, 0.15) is 11.7 Å². The van der Waals surface area contributed by atoms with Crippen molar-refractivity contribution in [3.63, 3.8) is 0 Å². The monoisotopic (exact) mass is 253 g/mol. The molecule has 0 aromatic carbocycles. The van der Waals surface area contributed by atoms with E-state index < -0.39 is 5.60 Å². The third-order valence-corrected chi connectivity index (χ3v) is 2.72. The smallest absolute Gasteiger partial charge is 0.410 e. The number of nitrogens with zero attached hydrogens (tertiary/aromatic N) is 1. The highest BCUT2D eigenvalue weighted by Crippen LogP contribution is 2.18. The Kier molecular flexibility index (Phi) is 5.03. The third-order valence-electron chi connectivity index (χ3n) is 2.72. The molecule has 1 heterocycles. The lowest BCUT2D eigenvalue weighted by Crippen LogP contribution is -2.43. The summed E-state index contributed by atoms with van der Waals surface area (Å²) in [5, 5.41) is 0. The molecule has 18 heavy (non-hydrogen) atoms. The number of carbonyl (C=O) groups is 1. The highest BCUT2D eigenvalue weighted by Gasteiger charge is 2.27. The Morgan fingerprint density at radius 2 is 1.94 bits per heavy atom. The zero-order chi connectivity index (χ0) is 13.8. The van der Waals surface area contributed by atoms with Crippen LogP contribution >= 0.6 is 0 Å².